The molecule has 0 atom stereocenters. The number of aliphatic hydroxyl groups excluding tert-OH is 1. The van der Waals surface area contributed by atoms with Crippen molar-refractivity contribution in [3.05, 3.63) is 77.4 Å². The van der Waals surface area contributed by atoms with Crippen LogP contribution in [0.1, 0.15) is 45.7 Å². The third kappa shape index (κ3) is 10.9. The lowest BCUT2D eigenvalue weighted by Gasteiger charge is -2.35. The molecule has 1 heterocycles. The van der Waals surface area contributed by atoms with Gasteiger partial charge in [-0.2, -0.15) is 16.8 Å². The van der Waals surface area contributed by atoms with E-state index in [1.807, 2.05) is 37.8 Å². The maximum atomic E-state index is 13.3. The van der Waals surface area contributed by atoms with Crippen LogP contribution in [0.3, 0.4) is 0 Å². The summed E-state index contributed by atoms with van der Waals surface area (Å²) in [7, 11) is -10.3. The molecule has 294 valence electrons. The number of benzene rings is 2. The smallest absolute Gasteiger partial charge is 0.298 e. The highest BCUT2D eigenvalue weighted by atomic mass is 32.2. The van der Waals surface area contributed by atoms with E-state index >= 15 is 0 Å². The van der Waals surface area contributed by atoms with Gasteiger partial charge in [0.2, 0.25) is 5.91 Å². The van der Waals surface area contributed by atoms with Gasteiger partial charge in [-0.15, -0.1) is 0 Å². The zero-order valence-electron chi connectivity index (χ0n) is 31.1. The van der Waals surface area contributed by atoms with Gasteiger partial charge in [0.25, 0.3) is 26.1 Å². The van der Waals surface area contributed by atoms with E-state index in [4.69, 9.17) is 9.47 Å². The van der Waals surface area contributed by atoms with Gasteiger partial charge in [-0.25, -0.2) is 4.58 Å². The SMILES string of the molecule is CCOc1ccc(C(=C2C=CC(=[N+](CC)CC)C=C2)c2cc(OCC(=O)N3CCN(CC(=O)NC(C)(C)CO)CC3)c(S(=O)(=O)O)cc2S(=O)(=O)O)cc1. The molecule has 2 aliphatic rings. The van der Waals surface area contributed by atoms with Crippen molar-refractivity contribution in [2.45, 2.75) is 49.9 Å². The Labute approximate surface area is 316 Å². The van der Waals surface area contributed by atoms with Crippen LogP contribution in [-0.2, 0) is 29.8 Å². The number of nitrogens with zero attached hydrogens (tertiary/aromatic N) is 3. The summed E-state index contributed by atoms with van der Waals surface area (Å²) in [5.74, 6) is -0.769. The lowest BCUT2D eigenvalue weighted by molar-refractivity contribution is -0.519. The van der Waals surface area contributed by atoms with Crippen LogP contribution in [0.2, 0.25) is 0 Å². The van der Waals surface area contributed by atoms with Crippen LogP contribution in [-0.4, -0.2) is 134 Å². The molecule has 4 rings (SSSR count). The maximum absolute atomic E-state index is 13.3. The quantitative estimate of drug-likeness (QED) is 0.152. The molecule has 17 heteroatoms. The molecule has 0 aromatic heterocycles. The summed E-state index contributed by atoms with van der Waals surface area (Å²) >= 11 is 0. The topological polar surface area (TPSA) is 203 Å². The van der Waals surface area contributed by atoms with Crippen molar-refractivity contribution in [1.82, 2.24) is 15.1 Å². The molecule has 2 amide bonds. The first-order valence-electron chi connectivity index (χ1n) is 17.5. The molecule has 15 nitrogen and oxygen atoms in total. The van der Waals surface area contributed by atoms with Crippen molar-refractivity contribution in [2.24, 2.45) is 0 Å². The highest BCUT2D eigenvalue weighted by Gasteiger charge is 2.30. The molecular formula is C37H49N4O11S2+. The molecule has 54 heavy (non-hydrogen) atoms. The highest BCUT2D eigenvalue weighted by Crippen LogP contribution is 2.39. The third-order valence-electron chi connectivity index (χ3n) is 8.93. The Balaban J connectivity index is 1.73. The molecule has 0 bridgehead atoms. The minimum atomic E-state index is -5.14. The predicted octanol–water partition coefficient (Wildman–Crippen LogP) is 2.41. The number of rotatable bonds is 15. The monoisotopic (exact) mass is 789 g/mol. The van der Waals surface area contributed by atoms with Gasteiger partial charge in [0.05, 0.1) is 25.3 Å². The Bertz CT molecular complexity index is 2040. The Morgan fingerprint density at radius 1 is 0.852 bits per heavy atom. The van der Waals surface area contributed by atoms with E-state index in [2.05, 4.69) is 9.89 Å². The number of carbonyl (C=O) groups is 2. The molecule has 2 aromatic carbocycles. The summed E-state index contributed by atoms with van der Waals surface area (Å²) in [5, 5.41) is 12.2. The molecule has 4 N–H and O–H groups in total. The Morgan fingerprint density at radius 2 is 1.44 bits per heavy atom. The largest absolute Gasteiger partial charge is 0.494 e. The Kier molecular flexibility index (Phi) is 14.0. The van der Waals surface area contributed by atoms with Crippen LogP contribution in [0, 0.1) is 0 Å². The van der Waals surface area contributed by atoms with Crippen molar-refractivity contribution in [3.63, 3.8) is 0 Å². The molecular weight excluding hydrogens is 741 g/mol. The van der Waals surface area contributed by atoms with Crippen LogP contribution in [0.25, 0.3) is 5.57 Å². The summed E-state index contributed by atoms with van der Waals surface area (Å²) in [6.07, 6.45) is 7.25. The zero-order chi connectivity index (χ0) is 39.8. The van der Waals surface area contributed by atoms with Crippen molar-refractivity contribution in [2.75, 3.05) is 65.6 Å². The van der Waals surface area contributed by atoms with Crippen LogP contribution in [0.15, 0.2) is 76.1 Å². The number of allylic oxidation sites excluding steroid dienone is 5. The number of aliphatic hydroxyl groups is 1. The molecule has 0 saturated carbocycles. The summed E-state index contributed by atoms with van der Waals surface area (Å²) in [6.45, 7) is 11.5. The first-order valence-corrected chi connectivity index (χ1v) is 20.4. The second-order valence-corrected chi connectivity index (χ2v) is 16.1. The fourth-order valence-electron chi connectivity index (χ4n) is 6.10. The number of piperazine rings is 1. The lowest BCUT2D eigenvalue weighted by atomic mass is 9.90. The summed E-state index contributed by atoms with van der Waals surface area (Å²) in [5.41, 5.74) is 1.24. The van der Waals surface area contributed by atoms with E-state index in [9.17, 15) is 40.6 Å². The maximum Gasteiger partial charge on any atom is 0.298 e. The Morgan fingerprint density at radius 3 is 1.96 bits per heavy atom. The number of carbonyl (C=O) groups excluding carboxylic acids is 2. The van der Waals surface area contributed by atoms with E-state index in [0.29, 0.717) is 42.6 Å². The van der Waals surface area contributed by atoms with Gasteiger partial charge in [0.1, 0.15) is 34.4 Å². The zero-order valence-corrected chi connectivity index (χ0v) is 32.7. The predicted molar refractivity (Wildman–Crippen MR) is 202 cm³/mol. The number of nitrogens with one attached hydrogen (secondary N) is 1. The lowest BCUT2D eigenvalue weighted by Crippen LogP contribution is -2.54. The normalized spacial score (nSPS) is 15.3. The van der Waals surface area contributed by atoms with Gasteiger partial charge in [-0.1, -0.05) is 12.1 Å². The highest BCUT2D eigenvalue weighted by molar-refractivity contribution is 7.86. The standard InChI is InChI=1S/C37H48N4O11S2/c1-6-40(7-2)28-13-9-26(10-14-28)36(27-11-15-29(16-12-27)51-8-3)30-21-31(33(54(48,49)50)22-32(30)53(45,46)47)52-24-35(44)41-19-17-39(18-20-41)23-34(43)38-37(4,5)25-42/h9-16,21-22,42H,6-8,17-20,23-25H2,1-5H3,(H2-,38,43,45,46,47,48,49,50)/p+1. The van der Waals surface area contributed by atoms with E-state index in [-0.39, 0.29) is 43.3 Å². The van der Waals surface area contributed by atoms with Crippen LogP contribution in [0.4, 0.5) is 0 Å². The molecule has 1 aliphatic heterocycles. The van der Waals surface area contributed by atoms with Crippen LogP contribution < -0.4 is 14.8 Å². The average molecular weight is 790 g/mol. The number of amides is 2. The minimum Gasteiger partial charge on any atom is -0.494 e. The van der Waals surface area contributed by atoms with Gasteiger partial charge in [0.15, 0.2) is 12.3 Å². The van der Waals surface area contributed by atoms with E-state index < -0.39 is 53.8 Å². The first kappa shape index (κ1) is 42.4. The Hall–Kier alpha value is -4.39. The van der Waals surface area contributed by atoms with Crippen molar-refractivity contribution in [3.8, 4) is 11.5 Å². The van der Waals surface area contributed by atoms with Gasteiger partial charge >= 0.3 is 0 Å². The number of hydrogen-bond acceptors (Lipinski definition) is 10. The molecule has 0 unspecified atom stereocenters. The van der Waals surface area contributed by atoms with E-state index in [1.54, 1.807) is 50.3 Å². The molecule has 0 spiro atoms. The second-order valence-electron chi connectivity index (χ2n) is 13.3. The summed E-state index contributed by atoms with van der Waals surface area (Å²) in [4.78, 5) is 27.3. The van der Waals surface area contributed by atoms with Crippen LogP contribution >= 0.6 is 0 Å². The minimum absolute atomic E-state index is 0.0634. The van der Waals surface area contributed by atoms with E-state index in [0.717, 1.165) is 24.9 Å². The van der Waals surface area contributed by atoms with Gasteiger partial charge < -0.3 is 24.8 Å². The van der Waals surface area contributed by atoms with Gasteiger partial charge in [-0.05, 0) is 87.7 Å². The number of hydrogen-bond donors (Lipinski definition) is 4. The second kappa shape index (κ2) is 17.8. The molecule has 1 fully saturated rings. The van der Waals surface area contributed by atoms with Crippen molar-refractivity contribution in [1.29, 1.82) is 0 Å². The van der Waals surface area contributed by atoms with Crippen LogP contribution in [0.5, 0.6) is 11.5 Å². The fraction of sp³-hybridized carbons (Fsp3) is 0.432. The molecule has 1 aliphatic carbocycles. The molecule has 1 saturated heterocycles. The van der Waals surface area contributed by atoms with Crippen molar-refractivity contribution >= 4 is 43.3 Å². The summed E-state index contributed by atoms with van der Waals surface area (Å²) < 4.78 is 85.1. The first-order chi connectivity index (χ1) is 25.4. The molecule has 0 radical (unpaired) electrons. The molecule has 2 aromatic rings. The fourth-order valence-corrected chi connectivity index (χ4v) is 7.52. The van der Waals surface area contributed by atoms with Crippen molar-refractivity contribution < 1.29 is 54.7 Å². The average Bonchev–Trinajstić information content (AvgIpc) is 3.11. The number of ether oxygens (including phenoxy) is 2. The van der Waals surface area contributed by atoms with E-state index in [1.165, 1.54) is 4.90 Å². The van der Waals surface area contributed by atoms with Gasteiger partial charge in [0, 0.05) is 43.9 Å². The summed E-state index contributed by atoms with van der Waals surface area (Å²) in [6, 6.07) is 8.42. The van der Waals surface area contributed by atoms with Gasteiger partial charge in [-0.3, -0.25) is 23.6 Å². The third-order valence-corrected chi connectivity index (χ3v) is 10.7.